The van der Waals surface area contributed by atoms with Crippen LogP contribution in [-0.2, 0) is 0 Å². The van der Waals surface area contributed by atoms with Gasteiger partial charge in [0, 0.05) is 26.0 Å². The number of hydrogen-bond donors (Lipinski definition) is 2. The van der Waals surface area contributed by atoms with Gasteiger partial charge in [-0.3, -0.25) is 4.79 Å². The van der Waals surface area contributed by atoms with Gasteiger partial charge in [-0.2, -0.15) is 9.72 Å². The van der Waals surface area contributed by atoms with Crippen molar-refractivity contribution in [2.24, 2.45) is 4.99 Å². The van der Waals surface area contributed by atoms with Crippen molar-refractivity contribution in [2.75, 3.05) is 19.4 Å². The summed E-state index contributed by atoms with van der Waals surface area (Å²) in [6.07, 6.45) is 1.26. The molecule has 1 aromatic heterocycles. The second-order valence-corrected chi connectivity index (χ2v) is 4.72. The van der Waals surface area contributed by atoms with Crippen molar-refractivity contribution < 1.29 is 14.8 Å². The minimum atomic E-state index is -0.565. The molecule has 2 aromatic rings. The van der Waals surface area contributed by atoms with E-state index in [1.165, 1.54) is 23.2 Å². The van der Waals surface area contributed by atoms with Gasteiger partial charge in [-0.05, 0) is 24.3 Å². The molecule has 3 amide bonds. The Morgan fingerprint density at radius 1 is 1.18 bits per heavy atom. The number of carbonyl (C=O) groups is 2. The Morgan fingerprint density at radius 2 is 1.86 bits per heavy atom. The van der Waals surface area contributed by atoms with Crippen molar-refractivity contribution in [3.63, 3.8) is 0 Å². The first-order chi connectivity index (χ1) is 10.5. The first-order valence-corrected chi connectivity index (χ1v) is 6.52. The van der Waals surface area contributed by atoms with Crippen molar-refractivity contribution in [1.29, 1.82) is 0 Å². The number of benzene rings is 1. The second kappa shape index (κ2) is 6.57. The van der Waals surface area contributed by atoms with Crippen LogP contribution in [0.2, 0.25) is 0 Å². The van der Waals surface area contributed by atoms with Crippen molar-refractivity contribution in [1.82, 2.24) is 9.63 Å². The first-order valence-electron chi connectivity index (χ1n) is 6.52. The lowest BCUT2D eigenvalue weighted by Gasteiger charge is -2.12. The highest BCUT2D eigenvalue weighted by Gasteiger charge is 2.12. The zero-order valence-electron chi connectivity index (χ0n) is 12.2. The van der Waals surface area contributed by atoms with Gasteiger partial charge in [0.05, 0.1) is 5.36 Å². The zero-order valence-corrected chi connectivity index (χ0v) is 12.2. The number of rotatable bonds is 2. The topological polar surface area (TPSA) is 86.9 Å². The molecule has 0 aliphatic rings. The highest BCUT2D eigenvalue weighted by Crippen LogP contribution is 2.05. The highest BCUT2D eigenvalue weighted by molar-refractivity contribution is 5.92. The maximum absolute atomic E-state index is 11.9. The third kappa shape index (κ3) is 3.72. The number of pyridine rings is 1. The summed E-state index contributed by atoms with van der Waals surface area (Å²) in [5, 5.41) is 12.5. The highest BCUT2D eigenvalue weighted by atomic mass is 16.5. The summed E-state index contributed by atoms with van der Waals surface area (Å²) in [6.45, 7) is 0. The summed E-state index contributed by atoms with van der Waals surface area (Å²) in [7, 11) is 3.13. The van der Waals surface area contributed by atoms with Crippen molar-refractivity contribution in [3.05, 3.63) is 59.7 Å². The predicted octanol–water partition coefficient (Wildman–Crippen LogP) is 1.56. The Morgan fingerprint density at radius 3 is 2.50 bits per heavy atom. The molecule has 114 valence electrons. The lowest BCUT2D eigenvalue weighted by atomic mass is 10.3. The fraction of sp³-hybridized carbons (Fsp3) is 0.133. The predicted molar refractivity (Wildman–Crippen MR) is 80.7 cm³/mol. The second-order valence-electron chi connectivity index (χ2n) is 4.72. The minimum absolute atomic E-state index is 0.0127. The average molecular weight is 300 g/mol. The molecule has 22 heavy (non-hydrogen) atoms. The van der Waals surface area contributed by atoms with Gasteiger partial charge in [0.1, 0.15) is 5.69 Å². The quantitative estimate of drug-likeness (QED) is 0.825. The minimum Gasteiger partial charge on any atom is -0.428 e. The fourth-order valence-electron chi connectivity index (χ4n) is 1.73. The van der Waals surface area contributed by atoms with E-state index in [2.05, 4.69) is 10.3 Å². The van der Waals surface area contributed by atoms with Gasteiger partial charge < -0.3 is 15.4 Å². The van der Waals surface area contributed by atoms with Crippen LogP contribution in [0.1, 0.15) is 10.5 Å². The van der Waals surface area contributed by atoms with Crippen LogP contribution >= 0.6 is 0 Å². The SMILES string of the molecule is CN(C)C(=O)c1c/c(=N/C(=O)Nc2ccccc2)ccn1O. The third-order valence-electron chi connectivity index (χ3n) is 2.80. The van der Waals surface area contributed by atoms with Crippen LogP contribution in [0.15, 0.2) is 53.7 Å². The van der Waals surface area contributed by atoms with Gasteiger partial charge >= 0.3 is 6.03 Å². The monoisotopic (exact) mass is 300 g/mol. The van der Waals surface area contributed by atoms with Gasteiger partial charge in [0.25, 0.3) is 5.91 Å². The zero-order chi connectivity index (χ0) is 16.1. The number of aromatic nitrogens is 1. The average Bonchev–Trinajstić information content (AvgIpc) is 2.49. The molecule has 0 aliphatic carbocycles. The molecule has 0 saturated carbocycles. The number of carbonyl (C=O) groups excluding carboxylic acids is 2. The van der Waals surface area contributed by atoms with Crippen molar-refractivity contribution in [2.45, 2.75) is 0 Å². The summed E-state index contributed by atoms with van der Waals surface area (Å²) in [5.41, 5.74) is 0.632. The van der Waals surface area contributed by atoms with Crippen LogP contribution in [0, 0.1) is 0 Å². The van der Waals surface area contributed by atoms with Crippen LogP contribution in [0.4, 0.5) is 10.5 Å². The standard InChI is InChI=1S/C15H16N4O3/c1-18(2)14(20)13-10-12(8-9-19(13)22)17-15(21)16-11-6-4-3-5-7-11/h3-10,22H,1-2H3,(H,16,21)/b17-12+. The fourth-order valence-corrected chi connectivity index (χ4v) is 1.73. The molecular formula is C15H16N4O3. The normalized spacial score (nSPS) is 11.1. The van der Waals surface area contributed by atoms with Gasteiger partial charge in [-0.15, -0.1) is 0 Å². The van der Waals surface area contributed by atoms with E-state index in [9.17, 15) is 14.8 Å². The molecule has 2 N–H and O–H groups in total. The lowest BCUT2D eigenvalue weighted by Crippen LogP contribution is -2.27. The van der Waals surface area contributed by atoms with E-state index in [4.69, 9.17) is 0 Å². The number of nitrogens with zero attached hydrogens (tertiary/aromatic N) is 3. The molecule has 0 radical (unpaired) electrons. The number of hydrogen-bond acceptors (Lipinski definition) is 3. The van der Waals surface area contributed by atoms with E-state index in [-0.39, 0.29) is 11.1 Å². The Kier molecular flexibility index (Phi) is 4.57. The summed E-state index contributed by atoms with van der Waals surface area (Å²) in [4.78, 5) is 28.9. The van der Waals surface area contributed by atoms with Crippen LogP contribution in [0.25, 0.3) is 0 Å². The maximum atomic E-state index is 11.9. The molecule has 7 nitrogen and oxygen atoms in total. The molecule has 0 unspecified atom stereocenters. The van der Waals surface area contributed by atoms with Crippen LogP contribution in [-0.4, -0.2) is 40.9 Å². The number of urea groups is 1. The third-order valence-corrected chi connectivity index (χ3v) is 2.80. The van der Waals surface area contributed by atoms with E-state index in [0.29, 0.717) is 10.4 Å². The van der Waals surface area contributed by atoms with Crippen LogP contribution < -0.4 is 10.7 Å². The number of nitrogens with one attached hydrogen (secondary N) is 1. The molecule has 0 atom stereocenters. The molecule has 1 aromatic carbocycles. The van der Waals surface area contributed by atoms with Gasteiger partial charge in [0.15, 0.2) is 0 Å². The number of anilines is 1. The molecular weight excluding hydrogens is 284 g/mol. The molecule has 0 bridgehead atoms. The smallest absolute Gasteiger partial charge is 0.345 e. The van der Waals surface area contributed by atoms with Crippen LogP contribution in [0.5, 0.6) is 0 Å². The van der Waals surface area contributed by atoms with E-state index in [1.54, 1.807) is 38.4 Å². The molecule has 2 rings (SSSR count). The Labute approximate surface area is 127 Å². The summed E-state index contributed by atoms with van der Waals surface area (Å²) < 4.78 is 0.691. The van der Waals surface area contributed by atoms with Gasteiger partial charge in [-0.1, -0.05) is 18.2 Å². The Bertz CT molecular complexity index is 751. The lowest BCUT2D eigenvalue weighted by molar-refractivity contribution is 0.0771. The van der Waals surface area contributed by atoms with Gasteiger partial charge in [-0.25, -0.2) is 4.79 Å². The van der Waals surface area contributed by atoms with Crippen molar-refractivity contribution >= 4 is 17.6 Å². The van der Waals surface area contributed by atoms with E-state index < -0.39 is 11.9 Å². The van der Waals surface area contributed by atoms with Crippen molar-refractivity contribution in [3.8, 4) is 0 Å². The number of para-hydroxylation sites is 1. The summed E-state index contributed by atoms with van der Waals surface area (Å²) in [6, 6.07) is 11.1. The Hall–Kier alpha value is -3.09. The molecule has 0 saturated heterocycles. The van der Waals surface area contributed by atoms with Gasteiger partial charge in [0.2, 0.25) is 0 Å². The maximum Gasteiger partial charge on any atom is 0.345 e. The van der Waals surface area contributed by atoms with E-state index in [0.717, 1.165) is 0 Å². The molecule has 0 fully saturated rings. The Balaban J connectivity index is 2.27. The van der Waals surface area contributed by atoms with E-state index in [1.807, 2.05) is 6.07 Å². The number of amides is 3. The molecule has 0 spiro atoms. The molecule has 0 aliphatic heterocycles. The van der Waals surface area contributed by atoms with E-state index >= 15 is 0 Å². The largest absolute Gasteiger partial charge is 0.428 e. The first kappa shape index (κ1) is 15.3. The van der Waals surface area contributed by atoms with Crippen LogP contribution in [0.3, 0.4) is 0 Å². The molecule has 7 heteroatoms. The summed E-state index contributed by atoms with van der Waals surface area (Å²) >= 11 is 0. The molecule has 1 heterocycles. The summed E-state index contributed by atoms with van der Waals surface area (Å²) in [5.74, 6) is -0.400.